The Morgan fingerprint density at radius 3 is 1.36 bits per heavy atom. The standard InChI is InChI=1S/C37H49NO5S/c1-35(2,3)27-12-21-10-23-14-28(36(4,5)6)16-25(32(23)40)18-38-19-30(34(42)43)44-20-26-17-29(37(7,8)9)15-24(33(26)41)11-22(13-27)31(21)39/h12-17,30,38-41H,10-11,18-20H2,1-9H3,(H,42,43)/t30-/m1/s1. The van der Waals surface area contributed by atoms with Gasteiger partial charge in [-0.25, -0.2) is 0 Å². The number of carboxylic acids is 1. The van der Waals surface area contributed by atoms with E-state index in [0.29, 0.717) is 58.5 Å². The minimum atomic E-state index is -0.934. The number of nitrogens with one attached hydrogen (secondary N) is 1. The van der Waals surface area contributed by atoms with Gasteiger partial charge in [0, 0.05) is 42.8 Å². The van der Waals surface area contributed by atoms with Crippen LogP contribution < -0.4 is 5.32 Å². The summed E-state index contributed by atoms with van der Waals surface area (Å²) in [7, 11) is 0. The van der Waals surface area contributed by atoms with Crippen molar-refractivity contribution in [2.24, 2.45) is 0 Å². The molecule has 0 fully saturated rings. The molecule has 6 bridgehead atoms. The van der Waals surface area contributed by atoms with Crippen molar-refractivity contribution in [1.29, 1.82) is 0 Å². The van der Waals surface area contributed by atoms with E-state index in [1.165, 1.54) is 11.8 Å². The number of phenolic OH excluding ortho intramolecular Hbond substituents is 3. The number of rotatable bonds is 1. The van der Waals surface area contributed by atoms with Crippen LogP contribution in [0.1, 0.15) is 112 Å². The van der Waals surface area contributed by atoms with Crippen molar-refractivity contribution >= 4 is 17.7 Å². The molecule has 0 saturated carbocycles. The third-order valence-electron chi connectivity index (χ3n) is 8.52. The van der Waals surface area contributed by atoms with E-state index in [9.17, 15) is 25.2 Å². The van der Waals surface area contributed by atoms with E-state index < -0.39 is 11.2 Å². The van der Waals surface area contributed by atoms with Crippen molar-refractivity contribution in [3.63, 3.8) is 0 Å². The number of carbonyl (C=O) groups is 1. The summed E-state index contributed by atoms with van der Waals surface area (Å²) in [4.78, 5) is 12.3. The molecule has 0 radical (unpaired) electrons. The number of aliphatic carboxylic acids is 1. The summed E-state index contributed by atoms with van der Waals surface area (Å²) in [5.41, 5.74) is 6.71. The van der Waals surface area contributed by atoms with E-state index in [1.54, 1.807) is 0 Å². The fourth-order valence-electron chi connectivity index (χ4n) is 5.52. The van der Waals surface area contributed by atoms with E-state index in [1.807, 2.05) is 36.4 Å². The second-order valence-electron chi connectivity index (χ2n) is 15.3. The van der Waals surface area contributed by atoms with Crippen LogP contribution in [-0.2, 0) is 46.2 Å². The Labute approximate surface area is 266 Å². The molecule has 6 nitrogen and oxygen atoms in total. The van der Waals surface area contributed by atoms with E-state index in [-0.39, 0.29) is 40.0 Å². The van der Waals surface area contributed by atoms with Crippen molar-refractivity contribution in [1.82, 2.24) is 5.32 Å². The fourth-order valence-corrected chi connectivity index (χ4v) is 6.50. The third-order valence-corrected chi connectivity index (χ3v) is 9.77. The normalized spacial score (nSPS) is 16.8. The van der Waals surface area contributed by atoms with Crippen LogP contribution in [0.5, 0.6) is 17.2 Å². The molecule has 0 aromatic heterocycles. The molecular weight excluding hydrogens is 570 g/mol. The van der Waals surface area contributed by atoms with Crippen molar-refractivity contribution in [3.8, 4) is 17.2 Å². The summed E-state index contributed by atoms with van der Waals surface area (Å²) < 4.78 is 0. The average molecular weight is 620 g/mol. The molecule has 0 unspecified atom stereocenters. The number of thioether (sulfide) groups is 1. The summed E-state index contributed by atoms with van der Waals surface area (Å²) in [6.45, 7) is 19.6. The first-order valence-electron chi connectivity index (χ1n) is 15.4. The van der Waals surface area contributed by atoms with Gasteiger partial charge in [0.1, 0.15) is 22.5 Å². The van der Waals surface area contributed by atoms with Gasteiger partial charge in [-0.15, -0.1) is 11.8 Å². The first-order valence-corrected chi connectivity index (χ1v) is 16.4. The second kappa shape index (κ2) is 12.3. The van der Waals surface area contributed by atoms with E-state index in [4.69, 9.17) is 0 Å². The molecule has 0 saturated heterocycles. The second-order valence-corrected chi connectivity index (χ2v) is 16.5. The number of carboxylic acid groups (broad SMARTS) is 1. The number of aromatic hydroxyl groups is 3. The molecule has 1 aliphatic rings. The lowest BCUT2D eigenvalue weighted by atomic mass is 9.81. The molecule has 238 valence electrons. The van der Waals surface area contributed by atoms with Crippen LogP contribution >= 0.6 is 11.8 Å². The van der Waals surface area contributed by atoms with Gasteiger partial charge in [0.25, 0.3) is 0 Å². The van der Waals surface area contributed by atoms with Crippen LogP contribution in [0.25, 0.3) is 0 Å². The monoisotopic (exact) mass is 619 g/mol. The maximum Gasteiger partial charge on any atom is 0.317 e. The van der Waals surface area contributed by atoms with E-state index >= 15 is 0 Å². The SMILES string of the molecule is CC(C)(C)c1cc2c(O)c(c1)Cc1cc(C(C)(C)C)cc(c1O)Cc1cc(C(C)(C)C)cc(c1O)CS[C@@H](C(=O)O)CNC2. The highest BCUT2D eigenvalue weighted by molar-refractivity contribution is 7.99. The van der Waals surface area contributed by atoms with E-state index in [2.05, 4.69) is 67.6 Å². The minimum absolute atomic E-state index is 0.133. The Balaban J connectivity index is 1.98. The highest BCUT2D eigenvalue weighted by Crippen LogP contribution is 2.40. The van der Waals surface area contributed by atoms with Crippen molar-refractivity contribution in [3.05, 3.63) is 86.5 Å². The van der Waals surface area contributed by atoms with Gasteiger partial charge < -0.3 is 25.7 Å². The van der Waals surface area contributed by atoms with Crippen LogP contribution in [0.2, 0.25) is 0 Å². The topological polar surface area (TPSA) is 110 Å². The molecule has 5 N–H and O–H groups in total. The zero-order chi connectivity index (χ0) is 32.8. The van der Waals surface area contributed by atoms with Gasteiger partial charge in [-0.05, 0) is 55.2 Å². The molecule has 1 aliphatic heterocycles. The van der Waals surface area contributed by atoms with Crippen LogP contribution in [0.4, 0.5) is 0 Å². The van der Waals surface area contributed by atoms with Gasteiger partial charge in [-0.2, -0.15) is 0 Å². The Kier molecular flexibility index (Phi) is 9.44. The van der Waals surface area contributed by atoms with Crippen LogP contribution in [0.15, 0.2) is 36.4 Å². The molecule has 0 spiro atoms. The number of benzene rings is 3. The predicted octanol–water partition coefficient (Wildman–Crippen LogP) is 7.67. The smallest absolute Gasteiger partial charge is 0.317 e. The van der Waals surface area contributed by atoms with Gasteiger partial charge >= 0.3 is 5.97 Å². The first-order chi connectivity index (χ1) is 20.3. The lowest BCUT2D eigenvalue weighted by molar-refractivity contribution is -0.136. The van der Waals surface area contributed by atoms with E-state index in [0.717, 1.165) is 16.7 Å². The number of hydrogen-bond donors (Lipinski definition) is 5. The maximum atomic E-state index is 12.3. The van der Waals surface area contributed by atoms with Crippen LogP contribution in [0, 0.1) is 0 Å². The van der Waals surface area contributed by atoms with Crippen molar-refractivity contribution in [2.45, 2.75) is 109 Å². The molecule has 1 atom stereocenters. The quantitative estimate of drug-likeness (QED) is 0.190. The van der Waals surface area contributed by atoms with Crippen LogP contribution in [0.3, 0.4) is 0 Å². The van der Waals surface area contributed by atoms with Crippen LogP contribution in [-0.4, -0.2) is 38.2 Å². The molecular formula is C37H49NO5S. The van der Waals surface area contributed by atoms with Crippen molar-refractivity contribution < 1.29 is 25.2 Å². The summed E-state index contributed by atoms with van der Waals surface area (Å²) in [6.07, 6.45) is 0.623. The summed E-state index contributed by atoms with van der Waals surface area (Å²) in [6, 6.07) is 12.0. The molecule has 44 heavy (non-hydrogen) atoms. The van der Waals surface area contributed by atoms with Gasteiger partial charge in [0.05, 0.1) is 0 Å². The highest BCUT2D eigenvalue weighted by Gasteiger charge is 2.26. The van der Waals surface area contributed by atoms with Crippen molar-refractivity contribution in [2.75, 3.05) is 6.54 Å². The van der Waals surface area contributed by atoms with Gasteiger partial charge in [-0.3, -0.25) is 4.79 Å². The highest BCUT2D eigenvalue weighted by atomic mass is 32.2. The fraction of sp³-hybridized carbons (Fsp3) is 0.486. The third kappa shape index (κ3) is 7.55. The Bertz CT molecular complexity index is 1560. The van der Waals surface area contributed by atoms with Gasteiger partial charge in [0.2, 0.25) is 0 Å². The lowest BCUT2D eigenvalue weighted by Crippen LogP contribution is -2.31. The summed E-state index contributed by atoms with van der Waals surface area (Å²) >= 11 is 1.27. The Morgan fingerprint density at radius 2 is 0.977 bits per heavy atom. The predicted molar refractivity (Wildman–Crippen MR) is 180 cm³/mol. The summed E-state index contributed by atoms with van der Waals surface area (Å²) in [5.74, 6) is -0.180. The maximum absolute atomic E-state index is 12.3. The number of hydrogen-bond acceptors (Lipinski definition) is 6. The molecule has 3 aromatic carbocycles. The summed E-state index contributed by atoms with van der Waals surface area (Å²) in [5, 5.41) is 47.3. The Hall–Kier alpha value is -3.16. The average Bonchev–Trinajstić information content (AvgIpc) is 2.89. The molecule has 3 aromatic rings. The molecule has 4 rings (SSSR count). The Morgan fingerprint density at radius 1 is 0.636 bits per heavy atom. The van der Waals surface area contributed by atoms with Gasteiger partial charge in [-0.1, -0.05) is 98.7 Å². The van der Waals surface area contributed by atoms with Gasteiger partial charge in [0.15, 0.2) is 0 Å². The molecule has 1 heterocycles. The molecule has 7 heteroatoms. The number of fused-ring (bicyclic) bond motifs is 6. The first kappa shape index (κ1) is 33.7. The molecule has 0 amide bonds. The molecule has 0 aliphatic carbocycles. The number of phenols is 3. The zero-order valence-corrected chi connectivity index (χ0v) is 28.5. The largest absolute Gasteiger partial charge is 0.507 e. The minimum Gasteiger partial charge on any atom is -0.507 e. The lowest BCUT2D eigenvalue weighted by Gasteiger charge is -2.25. The zero-order valence-electron chi connectivity index (χ0n) is 27.7.